The largest absolute Gasteiger partial charge is 0.321 e. The lowest BCUT2D eigenvalue weighted by Gasteiger charge is -2.10. The van der Waals surface area contributed by atoms with Crippen LogP contribution in [0, 0.1) is 13.8 Å². The Balaban J connectivity index is 2.27. The molecule has 0 heterocycles. The summed E-state index contributed by atoms with van der Waals surface area (Å²) >= 11 is 15.6. The minimum atomic E-state index is -0.220. The van der Waals surface area contributed by atoms with E-state index in [0.29, 0.717) is 21.3 Å². The van der Waals surface area contributed by atoms with Crippen molar-refractivity contribution in [1.29, 1.82) is 0 Å². The molecule has 2 aromatic rings. The monoisotopic (exact) mass is 371 g/mol. The van der Waals surface area contributed by atoms with Crippen molar-refractivity contribution in [2.24, 2.45) is 0 Å². The molecule has 0 saturated heterocycles. The Morgan fingerprint density at radius 1 is 1.05 bits per heavy atom. The third-order valence-electron chi connectivity index (χ3n) is 2.92. The van der Waals surface area contributed by atoms with E-state index in [4.69, 9.17) is 23.2 Å². The average molecular weight is 373 g/mol. The van der Waals surface area contributed by atoms with Gasteiger partial charge in [0.2, 0.25) is 0 Å². The van der Waals surface area contributed by atoms with Crippen molar-refractivity contribution in [2.45, 2.75) is 13.8 Å². The Labute approximate surface area is 136 Å². The van der Waals surface area contributed by atoms with Gasteiger partial charge in [-0.3, -0.25) is 4.79 Å². The summed E-state index contributed by atoms with van der Waals surface area (Å²) in [5, 5.41) is 3.80. The number of amides is 1. The molecule has 0 radical (unpaired) electrons. The van der Waals surface area contributed by atoms with E-state index in [1.54, 1.807) is 18.2 Å². The first-order chi connectivity index (χ1) is 9.38. The van der Waals surface area contributed by atoms with E-state index in [9.17, 15) is 4.79 Å². The van der Waals surface area contributed by atoms with Crippen molar-refractivity contribution in [3.63, 3.8) is 0 Å². The molecule has 2 nitrogen and oxygen atoms in total. The van der Waals surface area contributed by atoms with Gasteiger partial charge >= 0.3 is 0 Å². The maximum absolute atomic E-state index is 12.2. The van der Waals surface area contributed by atoms with Gasteiger partial charge in [-0.2, -0.15) is 0 Å². The van der Waals surface area contributed by atoms with Crippen molar-refractivity contribution in [2.75, 3.05) is 5.32 Å². The predicted molar refractivity (Wildman–Crippen MR) is 88.0 cm³/mol. The predicted octanol–water partition coefficient (Wildman–Crippen LogP) is 5.63. The molecule has 1 amide bonds. The van der Waals surface area contributed by atoms with Crippen molar-refractivity contribution in [1.82, 2.24) is 0 Å². The van der Waals surface area contributed by atoms with Gasteiger partial charge in [0, 0.05) is 15.1 Å². The molecule has 104 valence electrons. The Morgan fingerprint density at radius 2 is 1.75 bits per heavy atom. The van der Waals surface area contributed by atoms with Crippen LogP contribution < -0.4 is 5.32 Å². The van der Waals surface area contributed by atoms with Crippen LogP contribution in [0.15, 0.2) is 34.8 Å². The van der Waals surface area contributed by atoms with Gasteiger partial charge in [0.05, 0.1) is 10.7 Å². The lowest BCUT2D eigenvalue weighted by molar-refractivity contribution is 0.102. The Morgan fingerprint density at radius 3 is 2.40 bits per heavy atom. The molecule has 0 bridgehead atoms. The first kappa shape index (κ1) is 15.4. The highest BCUT2D eigenvalue weighted by atomic mass is 79.9. The van der Waals surface area contributed by atoms with Gasteiger partial charge in [0.15, 0.2) is 0 Å². The van der Waals surface area contributed by atoms with Gasteiger partial charge < -0.3 is 5.32 Å². The summed E-state index contributed by atoms with van der Waals surface area (Å²) in [6, 6.07) is 8.78. The van der Waals surface area contributed by atoms with Crippen molar-refractivity contribution >= 4 is 50.7 Å². The third kappa shape index (κ3) is 3.35. The fourth-order valence-corrected chi connectivity index (χ4v) is 2.40. The molecule has 20 heavy (non-hydrogen) atoms. The van der Waals surface area contributed by atoms with E-state index in [1.807, 2.05) is 26.0 Å². The zero-order valence-electron chi connectivity index (χ0n) is 10.9. The number of anilines is 1. The number of rotatable bonds is 2. The second kappa shape index (κ2) is 6.17. The summed E-state index contributed by atoms with van der Waals surface area (Å²) in [5.74, 6) is -0.220. The number of halogens is 3. The minimum Gasteiger partial charge on any atom is -0.321 e. The molecule has 5 heteroatoms. The topological polar surface area (TPSA) is 29.1 Å². The van der Waals surface area contributed by atoms with E-state index in [-0.39, 0.29) is 5.91 Å². The van der Waals surface area contributed by atoms with Gasteiger partial charge in [-0.05, 0) is 55.3 Å². The lowest BCUT2D eigenvalue weighted by atomic mass is 10.1. The second-order valence-electron chi connectivity index (χ2n) is 4.50. The molecule has 0 spiro atoms. The van der Waals surface area contributed by atoms with Crippen LogP contribution in [-0.4, -0.2) is 5.91 Å². The van der Waals surface area contributed by atoms with Crippen molar-refractivity contribution < 1.29 is 4.79 Å². The molecule has 2 aromatic carbocycles. The van der Waals surface area contributed by atoms with Gasteiger partial charge in [0.1, 0.15) is 0 Å². The molecule has 1 N–H and O–H groups in total. The lowest BCUT2D eigenvalue weighted by Crippen LogP contribution is -2.12. The van der Waals surface area contributed by atoms with Gasteiger partial charge in [-0.15, -0.1) is 0 Å². The van der Waals surface area contributed by atoms with Crippen LogP contribution in [0.2, 0.25) is 10.0 Å². The Bertz CT molecular complexity index is 686. The number of carbonyl (C=O) groups excluding carboxylic acids is 1. The van der Waals surface area contributed by atoms with Gasteiger partial charge in [-0.1, -0.05) is 39.1 Å². The highest BCUT2D eigenvalue weighted by Crippen LogP contribution is 2.29. The van der Waals surface area contributed by atoms with Crippen molar-refractivity contribution in [3.05, 3.63) is 61.5 Å². The maximum Gasteiger partial charge on any atom is 0.255 e. The van der Waals surface area contributed by atoms with E-state index in [2.05, 4.69) is 21.2 Å². The standard InChI is InChI=1S/C15H12BrCl2NO/c1-8-5-10(3-4-11(8)16)15(20)19-14-7-12(17)9(2)6-13(14)18/h3-7H,1-2H3,(H,19,20). The zero-order chi connectivity index (χ0) is 14.9. The summed E-state index contributed by atoms with van der Waals surface area (Å²) < 4.78 is 0.963. The molecule has 0 saturated carbocycles. The summed E-state index contributed by atoms with van der Waals surface area (Å²) in [5.41, 5.74) is 2.94. The molecule has 0 unspecified atom stereocenters. The highest BCUT2D eigenvalue weighted by Gasteiger charge is 2.11. The summed E-state index contributed by atoms with van der Waals surface area (Å²) in [4.78, 5) is 12.2. The van der Waals surface area contributed by atoms with E-state index >= 15 is 0 Å². The smallest absolute Gasteiger partial charge is 0.255 e. The maximum atomic E-state index is 12.2. The minimum absolute atomic E-state index is 0.220. The number of aryl methyl sites for hydroxylation is 2. The molecule has 0 aliphatic carbocycles. The van der Waals surface area contributed by atoms with Gasteiger partial charge in [-0.25, -0.2) is 0 Å². The second-order valence-corrected chi connectivity index (χ2v) is 6.17. The summed E-state index contributed by atoms with van der Waals surface area (Å²) in [6.07, 6.45) is 0. The van der Waals surface area contributed by atoms with Crippen LogP contribution in [0.3, 0.4) is 0 Å². The molecule has 2 rings (SSSR count). The number of benzene rings is 2. The van der Waals surface area contributed by atoms with Gasteiger partial charge in [0.25, 0.3) is 5.91 Å². The number of hydrogen-bond donors (Lipinski definition) is 1. The fourth-order valence-electron chi connectivity index (χ4n) is 1.72. The summed E-state index contributed by atoms with van der Waals surface area (Å²) in [7, 11) is 0. The molecule has 0 fully saturated rings. The average Bonchev–Trinajstić information content (AvgIpc) is 2.39. The molecule has 0 atom stereocenters. The Kier molecular flexibility index (Phi) is 4.74. The highest BCUT2D eigenvalue weighted by molar-refractivity contribution is 9.10. The number of hydrogen-bond acceptors (Lipinski definition) is 1. The number of nitrogens with one attached hydrogen (secondary N) is 1. The van der Waals surface area contributed by atoms with Crippen molar-refractivity contribution in [3.8, 4) is 0 Å². The third-order valence-corrected chi connectivity index (χ3v) is 4.53. The van der Waals surface area contributed by atoms with E-state index in [1.165, 1.54) is 0 Å². The molecular weight excluding hydrogens is 361 g/mol. The molecule has 0 aliphatic rings. The zero-order valence-corrected chi connectivity index (χ0v) is 14.0. The van der Waals surface area contributed by atoms with Crippen LogP contribution in [0.25, 0.3) is 0 Å². The molecular formula is C15H12BrCl2NO. The van der Waals surface area contributed by atoms with E-state index in [0.717, 1.165) is 15.6 Å². The summed E-state index contributed by atoms with van der Waals surface area (Å²) in [6.45, 7) is 3.79. The van der Waals surface area contributed by atoms with Crippen LogP contribution in [0.4, 0.5) is 5.69 Å². The molecule has 0 aliphatic heterocycles. The first-order valence-corrected chi connectivity index (χ1v) is 7.46. The first-order valence-electron chi connectivity index (χ1n) is 5.91. The normalized spacial score (nSPS) is 10.4. The SMILES string of the molecule is Cc1cc(Cl)c(NC(=O)c2ccc(Br)c(C)c2)cc1Cl. The van der Waals surface area contributed by atoms with Crippen LogP contribution >= 0.6 is 39.1 Å². The quantitative estimate of drug-likeness (QED) is 0.727. The Hall–Kier alpha value is -1.03. The molecule has 0 aromatic heterocycles. The van der Waals surface area contributed by atoms with Crippen LogP contribution in [0.5, 0.6) is 0 Å². The fraction of sp³-hybridized carbons (Fsp3) is 0.133. The van der Waals surface area contributed by atoms with E-state index < -0.39 is 0 Å². The van der Waals surface area contributed by atoms with Crippen LogP contribution in [0.1, 0.15) is 21.5 Å². The number of carbonyl (C=O) groups is 1. The van der Waals surface area contributed by atoms with Crippen LogP contribution in [-0.2, 0) is 0 Å².